The number of amides is 1. The van der Waals surface area contributed by atoms with Crippen molar-refractivity contribution in [2.45, 2.75) is 13.3 Å². The number of benzene rings is 1. The molecule has 0 bridgehead atoms. The van der Waals surface area contributed by atoms with Crippen LogP contribution in [0.1, 0.15) is 15.9 Å². The first-order chi connectivity index (χ1) is 8.45. The van der Waals surface area contributed by atoms with Crippen molar-refractivity contribution in [3.8, 4) is 0 Å². The summed E-state index contributed by atoms with van der Waals surface area (Å²) in [5, 5.41) is 8.81. The normalized spacial score (nSPS) is 10.8. The molecule has 1 amide bonds. The van der Waals surface area contributed by atoms with E-state index in [0.29, 0.717) is 10.0 Å². The van der Waals surface area contributed by atoms with E-state index in [1.165, 1.54) is 0 Å². The number of hydrogen-bond acceptors (Lipinski definition) is 2. The van der Waals surface area contributed by atoms with Crippen molar-refractivity contribution in [1.29, 1.82) is 0 Å². The van der Waals surface area contributed by atoms with E-state index in [1.807, 2.05) is 6.92 Å². The van der Waals surface area contributed by atoms with E-state index in [4.69, 9.17) is 5.11 Å². The van der Waals surface area contributed by atoms with Crippen LogP contribution in [0, 0.1) is 6.92 Å². The number of carbonyl (C=O) groups is 1. The number of hydrogen-bond donors (Lipinski definition) is 1. The molecule has 0 atom stereocenters. The third-order valence-corrected chi connectivity index (χ3v) is 3.03. The Morgan fingerprint density at radius 1 is 1.50 bits per heavy atom. The zero-order valence-corrected chi connectivity index (χ0v) is 11.5. The fourth-order valence-corrected chi connectivity index (χ4v) is 2.19. The Hall–Kier alpha value is -1.01. The number of rotatable bonds is 5. The van der Waals surface area contributed by atoms with Crippen LogP contribution in [0.2, 0.25) is 0 Å². The Labute approximate surface area is 113 Å². The van der Waals surface area contributed by atoms with Gasteiger partial charge in [0.15, 0.2) is 0 Å². The number of aliphatic hydroxyl groups excluding tert-OH is 1. The Kier molecular flexibility index (Phi) is 5.68. The summed E-state index contributed by atoms with van der Waals surface area (Å²) >= 11 is 3.24. The molecule has 0 aliphatic heterocycles. The van der Waals surface area contributed by atoms with Crippen LogP contribution in [0.4, 0.5) is 8.78 Å². The average Bonchev–Trinajstić information content (AvgIpc) is 2.27. The van der Waals surface area contributed by atoms with Gasteiger partial charge in [0.25, 0.3) is 12.3 Å². The number of alkyl halides is 2. The van der Waals surface area contributed by atoms with Crippen LogP contribution in [-0.4, -0.2) is 42.0 Å². The van der Waals surface area contributed by atoms with Crippen LogP contribution in [0.3, 0.4) is 0 Å². The van der Waals surface area contributed by atoms with Crippen molar-refractivity contribution in [3.63, 3.8) is 0 Å². The molecule has 0 saturated heterocycles. The minimum absolute atomic E-state index is 0.108. The first-order valence-corrected chi connectivity index (χ1v) is 6.19. The Morgan fingerprint density at radius 2 is 2.17 bits per heavy atom. The van der Waals surface area contributed by atoms with E-state index < -0.39 is 18.9 Å². The van der Waals surface area contributed by atoms with Crippen LogP contribution < -0.4 is 0 Å². The lowest BCUT2D eigenvalue weighted by molar-refractivity contribution is 0.0508. The molecule has 6 heteroatoms. The highest BCUT2D eigenvalue weighted by Crippen LogP contribution is 2.20. The quantitative estimate of drug-likeness (QED) is 0.905. The number of aryl methyl sites for hydroxylation is 1. The molecule has 1 N–H and O–H groups in total. The molecule has 1 aromatic carbocycles. The largest absolute Gasteiger partial charge is 0.395 e. The van der Waals surface area contributed by atoms with E-state index >= 15 is 0 Å². The summed E-state index contributed by atoms with van der Waals surface area (Å²) in [7, 11) is 0. The third-order valence-electron chi connectivity index (χ3n) is 2.37. The van der Waals surface area contributed by atoms with E-state index in [-0.39, 0.29) is 13.2 Å². The summed E-state index contributed by atoms with van der Waals surface area (Å²) in [6.07, 6.45) is -2.62. The van der Waals surface area contributed by atoms with Crippen molar-refractivity contribution in [2.24, 2.45) is 0 Å². The highest BCUT2D eigenvalue weighted by Gasteiger charge is 2.20. The van der Waals surface area contributed by atoms with E-state index in [1.54, 1.807) is 18.2 Å². The maximum atomic E-state index is 12.4. The molecule has 0 saturated carbocycles. The van der Waals surface area contributed by atoms with Crippen LogP contribution in [0.5, 0.6) is 0 Å². The van der Waals surface area contributed by atoms with Crippen molar-refractivity contribution in [1.82, 2.24) is 4.90 Å². The molecule has 100 valence electrons. The van der Waals surface area contributed by atoms with Gasteiger partial charge in [0.05, 0.1) is 18.7 Å². The fraction of sp³-hybridized carbons (Fsp3) is 0.417. The summed E-state index contributed by atoms with van der Waals surface area (Å²) in [6, 6.07) is 5.06. The van der Waals surface area contributed by atoms with Crippen LogP contribution in [-0.2, 0) is 0 Å². The number of nitrogens with zero attached hydrogens (tertiary/aromatic N) is 1. The third kappa shape index (κ3) is 4.03. The summed E-state index contributed by atoms with van der Waals surface area (Å²) in [4.78, 5) is 13.0. The monoisotopic (exact) mass is 321 g/mol. The molecule has 1 aromatic rings. The van der Waals surface area contributed by atoms with Gasteiger partial charge in [-0.25, -0.2) is 8.78 Å². The summed E-state index contributed by atoms with van der Waals surface area (Å²) < 4.78 is 25.3. The molecule has 0 fully saturated rings. The van der Waals surface area contributed by atoms with Crippen molar-refractivity contribution in [3.05, 3.63) is 33.8 Å². The van der Waals surface area contributed by atoms with Crippen LogP contribution in [0.25, 0.3) is 0 Å². The highest BCUT2D eigenvalue weighted by atomic mass is 79.9. The van der Waals surface area contributed by atoms with Gasteiger partial charge in [-0.2, -0.15) is 0 Å². The summed E-state index contributed by atoms with van der Waals surface area (Å²) in [6.45, 7) is 0.731. The predicted octanol–water partition coefficient (Wildman–Crippen LogP) is 2.46. The molecule has 0 aromatic heterocycles. The molecule has 1 rings (SSSR count). The molecular weight excluding hydrogens is 308 g/mol. The summed E-state index contributed by atoms with van der Waals surface area (Å²) in [5.41, 5.74) is 1.27. The number of aliphatic hydroxyl groups is 1. The predicted molar refractivity (Wildman–Crippen MR) is 67.9 cm³/mol. The van der Waals surface area contributed by atoms with Crippen LogP contribution in [0.15, 0.2) is 22.7 Å². The SMILES string of the molecule is Cc1ccc(C(=O)N(CCO)CC(F)F)c(Br)c1. The van der Waals surface area contributed by atoms with E-state index in [2.05, 4.69) is 15.9 Å². The van der Waals surface area contributed by atoms with Crippen LogP contribution >= 0.6 is 15.9 Å². The molecular formula is C12H14BrF2NO2. The molecule has 0 radical (unpaired) electrons. The second-order valence-electron chi connectivity index (χ2n) is 3.85. The number of carbonyl (C=O) groups excluding carboxylic acids is 1. The maximum Gasteiger partial charge on any atom is 0.255 e. The van der Waals surface area contributed by atoms with Crippen molar-refractivity contribution >= 4 is 21.8 Å². The smallest absolute Gasteiger partial charge is 0.255 e. The van der Waals surface area contributed by atoms with Gasteiger partial charge in [-0.05, 0) is 40.5 Å². The molecule has 0 aliphatic rings. The van der Waals surface area contributed by atoms with Gasteiger partial charge < -0.3 is 10.0 Å². The molecule has 3 nitrogen and oxygen atoms in total. The van der Waals surface area contributed by atoms with E-state index in [0.717, 1.165) is 10.5 Å². The van der Waals surface area contributed by atoms with Gasteiger partial charge >= 0.3 is 0 Å². The second kappa shape index (κ2) is 6.80. The standard InChI is InChI=1S/C12H14BrF2NO2/c1-8-2-3-9(10(13)6-8)12(18)16(4-5-17)7-11(14)15/h2-3,6,11,17H,4-5,7H2,1H3. The zero-order valence-electron chi connectivity index (χ0n) is 9.87. The lowest BCUT2D eigenvalue weighted by atomic mass is 10.1. The van der Waals surface area contributed by atoms with Gasteiger partial charge in [-0.3, -0.25) is 4.79 Å². The molecule has 0 spiro atoms. The highest BCUT2D eigenvalue weighted by molar-refractivity contribution is 9.10. The first kappa shape index (κ1) is 15.0. The van der Waals surface area contributed by atoms with Crippen molar-refractivity contribution in [2.75, 3.05) is 19.7 Å². The Morgan fingerprint density at radius 3 is 2.67 bits per heavy atom. The Balaban J connectivity index is 2.94. The lowest BCUT2D eigenvalue weighted by Crippen LogP contribution is -2.37. The first-order valence-electron chi connectivity index (χ1n) is 5.40. The van der Waals surface area contributed by atoms with Gasteiger partial charge in [-0.15, -0.1) is 0 Å². The van der Waals surface area contributed by atoms with Crippen molar-refractivity contribution < 1.29 is 18.7 Å². The molecule has 0 unspecified atom stereocenters. The number of halogens is 3. The molecule has 0 heterocycles. The van der Waals surface area contributed by atoms with Gasteiger partial charge in [0.1, 0.15) is 0 Å². The fourth-order valence-electron chi connectivity index (χ4n) is 1.53. The summed E-state index contributed by atoms with van der Waals surface area (Å²) in [5.74, 6) is -0.517. The molecule has 18 heavy (non-hydrogen) atoms. The topological polar surface area (TPSA) is 40.5 Å². The van der Waals surface area contributed by atoms with Gasteiger partial charge in [0, 0.05) is 11.0 Å². The van der Waals surface area contributed by atoms with E-state index in [9.17, 15) is 13.6 Å². The molecule has 0 aliphatic carbocycles. The van der Waals surface area contributed by atoms with Gasteiger partial charge in [0.2, 0.25) is 0 Å². The minimum atomic E-state index is -2.62. The lowest BCUT2D eigenvalue weighted by Gasteiger charge is -2.22. The zero-order chi connectivity index (χ0) is 13.7. The maximum absolute atomic E-state index is 12.4. The second-order valence-corrected chi connectivity index (χ2v) is 4.70. The minimum Gasteiger partial charge on any atom is -0.395 e. The Bertz CT molecular complexity index is 427. The average molecular weight is 322 g/mol. The van der Waals surface area contributed by atoms with Gasteiger partial charge in [-0.1, -0.05) is 6.07 Å².